The van der Waals surface area contributed by atoms with Gasteiger partial charge in [0, 0.05) is 4.90 Å². The molecule has 0 heterocycles. The molecule has 0 bridgehead atoms. The van der Waals surface area contributed by atoms with Crippen LogP contribution in [0.3, 0.4) is 0 Å². The fourth-order valence-electron chi connectivity index (χ4n) is 1.49. The molecule has 0 amide bonds. The summed E-state index contributed by atoms with van der Waals surface area (Å²) in [7, 11) is 0. The topological polar surface area (TPSA) is 26.3 Å². The van der Waals surface area contributed by atoms with Crippen molar-refractivity contribution in [1.29, 1.82) is 0 Å². The van der Waals surface area contributed by atoms with E-state index in [4.69, 9.17) is 16.3 Å². The molecule has 0 atom stereocenters. The molecule has 4 heteroatoms. The molecule has 2 aromatic rings. The first-order chi connectivity index (χ1) is 8.74. The SMILES string of the molecule is CSc1ccc(Oc2c(Cl)cccc2C=O)cc1. The Hall–Kier alpha value is -1.45. The van der Waals surface area contributed by atoms with Gasteiger partial charge in [0.25, 0.3) is 0 Å². The maximum atomic E-state index is 10.9. The smallest absolute Gasteiger partial charge is 0.156 e. The molecule has 0 N–H and O–H groups in total. The van der Waals surface area contributed by atoms with E-state index in [2.05, 4.69) is 0 Å². The van der Waals surface area contributed by atoms with E-state index in [-0.39, 0.29) is 0 Å². The van der Waals surface area contributed by atoms with E-state index in [0.29, 0.717) is 22.1 Å². The number of hydrogen-bond donors (Lipinski definition) is 0. The van der Waals surface area contributed by atoms with Crippen LogP contribution in [0, 0.1) is 0 Å². The van der Waals surface area contributed by atoms with E-state index < -0.39 is 0 Å². The fourth-order valence-corrected chi connectivity index (χ4v) is 2.12. The highest BCUT2D eigenvalue weighted by Gasteiger charge is 2.08. The van der Waals surface area contributed by atoms with Gasteiger partial charge in [-0.25, -0.2) is 0 Å². The molecule has 2 rings (SSSR count). The summed E-state index contributed by atoms with van der Waals surface area (Å²) in [4.78, 5) is 12.1. The highest BCUT2D eigenvalue weighted by Crippen LogP contribution is 2.32. The molecule has 18 heavy (non-hydrogen) atoms. The number of para-hydroxylation sites is 1. The molecule has 0 unspecified atom stereocenters. The summed E-state index contributed by atoms with van der Waals surface area (Å²) in [6.45, 7) is 0. The molecule has 2 aromatic carbocycles. The molecule has 0 radical (unpaired) electrons. The minimum Gasteiger partial charge on any atom is -0.455 e. The molecule has 0 aliphatic carbocycles. The van der Waals surface area contributed by atoms with Crippen LogP contribution in [-0.2, 0) is 0 Å². The van der Waals surface area contributed by atoms with Crippen molar-refractivity contribution >= 4 is 29.6 Å². The van der Waals surface area contributed by atoms with Crippen molar-refractivity contribution in [1.82, 2.24) is 0 Å². The number of benzene rings is 2. The maximum absolute atomic E-state index is 10.9. The van der Waals surface area contributed by atoms with Crippen LogP contribution in [0.4, 0.5) is 0 Å². The summed E-state index contributed by atoms with van der Waals surface area (Å²) in [5.41, 5.74) is 0.441. The van der Waals surface area contributed by atoms with E-state index >= 15 is 0 Å². The number of hydrogen-bond acceptors (Lipinski definition) is 3. The van der Waals surface area contributed by atoms with Gasteiger partial charge in [-0.05, 0) is 42.7 Å². The largest absolute Gasteiger partial charge is 0.455 e. The summed E-state index contributed by atoms with van der Waals surface area (Å²) >= 11 is 7.69. The molecule has 0 fully saturated rings. The summed E-state index contributed by atoms with van der Waals surface area (Å²) < 4.78 is 5.66. The number of thioether (sulfide) groups is 1. The first kappa shape index (κ1) is 13.0. The molecule has 0 aliphatic rings. The van der Waals surface area contributed by atoms with Crippen molar-refractivity contribution in [3.05, 3.63) is 53.1 Å². The van der Waals surface area contributed by atoms with Gasteiger partial charge in [0.1, 0.15) is 5.75 Å². The number of aldehydes is 1. The van der Waals surface area contributed by atoms with Gasteiger partial charge in [0.05, 0.1) is 10.6 Å². The standard InChI is InChI=1S/C14H11ClO2S/c1-18-12-7-5-11(6-8-12)17-14-10(9-16)3-2-4-13(14)15/h2-9H,1H3. The van der Waals surface area contributed by atoms with Crippen LogP contribution in [-0.4, -0.2) is 12.5 Å². The van der Waals surface area contributed by atoms with Crippen molar-refractivity contribution in [2.75, 3.05) is 6.26 Å². The number of carbonyl (C=O) groups excluding carboxylic acids is 1. The van der Waals surface area contributed by atoms with Gasteiger partial charge < -0.3 is 4.74 Å². The predicted molar refractivity (Wildman–Crippen MR) is 75.1 cm³/mol. The van der Waals surface area contributed by atoms with E-state index in [1.165, 1.54) is 0 Å². The molecule has 2 nitrogen and oxygen atoms in total. The second-order valence-corrected chi connectivity index (χ2v) is 4.84. The highest BCUT2D eigenvalue weighted by molar-refractivity contribution is 7.98. The third kappa shape index (κ3) is 2.86. The van der Waals surface area contributed by atoms with E-state index in [9.17, 15) is 4.79 Å². The van der Waals surface area contributed by atoms with Crippen LogP contribution < -0.4 is 4.74 Å². The summed E-state index contributed by atoms with van der Waals surface area (Å²) in [6.07, 6.45) is 2.74. The predicted octanol–water partition coefficient (Wildman–Crippen LogP) is 4.67. The first-order valence-corrected chi connectivity index (χ1v) is 6.90. The zero-order valence-corrected chi connectivity index (χ0v) is 11.3. The van der Waals surface area contributed by atoms with Crippen molar-refractivity contribution in [2.24, 2.45) is 0 Å². The molecular weight excluding hydrogens is 268 g/mol. The third-order valence-electron chi connectivity index (χ3n) is 2.40. The number of halogens is 1. The zero-order valence-electron chi connectivity index (χ0n) is 9.72. The maximum Gasteiger partial charge on any atom is 0.156 e. The molecule has 0 saturated carbocycles. The van der Waals surface area contributed by atoms with Crippen LogP contribution >= 0.6 is 23.4 Å². The lowest BCUT2D eigenvalue weighted by Gasteiger charge is -2.09. The van der Waals surface area contributed by atoms with Crippen LogP contribution in [0.15, 0.2) is 47.4 Å². The van der Waals surface area contributed by atoms with Crippen molar-refractivity contribution in [3.63, 3.8) is 0 Å². The lowest BCUT2D eigenvalue weighted by Crippen LogP contribution is -1.91. The Kier molecular flexibility index (Phi) is 4.28. The zero-order chi connectivity index (χ0) is 13.0. The Bertz CT molecular complexity index is 552. The Labute approximate surface area is 115 Å². The molecule has 0 saturated heterocycles. The quantitative estimate of drug-likeness (QED) is 0.601. The highest BCUT2D eigenvalue weighted by atomic mass is 35.5. The van der Waals surface area contributed by atoms with Gasteiger partial charge in [0.2, 0.25) is 0 Å². The lowest BCUT2D eigenvalue weighted by atomic mass is 10.2. The summed E-state index contributed by atoms with van der Waals surface area (Å²) in [5.74, 6) is 1.05. The second kappa shape index (κ2) is 5.94. The monoisotopic (exact) mass is 278 g/mol. The van der Waals surface area contributed by atoms with Crippen molar-refractivity contribution < 1.29 is 9.53 Å². The summed E-state index contributed by atoms with van der Waals surface area (Å²) in [5, 5.41) is 0.425. The lowest BCUT2D eigenvalue weighted by molar-refractivity contribution is 0.112. The molecule has 92 valence electrons. The van der Waals surface area contributed by atoms with Gasteiger partial charge in [-0.2, -0.15) is 0 Å². The molecule has 0 spiro atoms. The van der Waals surface area contributed by atoms with E-state index in [1.807, 2.05) is 30.5 Å². The number of carbonyl (C=O) groups is 1. The van der Waals surface area contributed by atoms with Gasteiger partial charge >= 0.3 is 0 Å². The fraction of sp³-hybridized carbons (Fsp3) is 0.0714. The van der Waals surface area contributed by atoms with Crippen LogP contribution in [0.25, 0.3) is 0 Å². The van der Waals surface area contributed by atoms with E-state index in [1.54, 1.807) is 30.0 Å². The normalized spacial score (nSPS) is 10.1. The minimum absolute atomic E-state index is 0.395. The van der Waals surface area contributed by atoms with Gasteiger partial charge in [-0.15, -0.1) is 11.8 Å². The molecule has 0 aromatic heterocycles. The van der Waals surface area contributed by atoms with Gasteiger partial charge in [-0.1, -0.05) is 17.7 Å². The Morgan fingerprint density at radius 2 is 1.89 bits per heavy atom. The van der Waals surface area contributed by atoms with Crippen LogP contribution in [0.5, 0.6) is 11.5 Å². The number of ether oxygens (including phenoxy) is 1. The van der Waals surface area contributed by atoms with Gasteiger partial charge in [0.15, 0.2) is 12.0 Å². The van der Waals surface area contributed by atoms with Crippen molar-refractivity contribution in [2.45, 2.75) is 4.90 Å². The third-order valence-corrected chi connectivity index (χ3v) is 3.44. The average Bonchev–Trinajstić information content (AvgIpc) is 2.42. The second-order valence-electron chi connectivity index (χ2n) is 3.55. The summed E-state index contributed by atoms with van der Waals surface area (Å²) in [6, 6.07) is 12.7. The minimum atomic E-state index is 0.395. The van der Waals surface area contributed by atoms with Gasteiger partial charge in [-0.3, -0.25) is 4.79 Å². The molecule has 0 aliphatic heterocycles. The Morgan fingerprint density at radius 3 is 2.50 bits per heavy atom. The van der Waals surface area contributed by atoms with Crippen LogP contribution in [0.2, 0.25) is 5.02 Å². The first-order valence-electron chi connectivity index (χ1n) is 5.30. The van der Waals surface area contributed by atoms with E-state index in [0.717, 1.165) is 11.2 Å². The Balaban J connectivity index is 2.30. The Morgan fingerprint density at radius 1 is 1.17 bits per heavy atom. The number of rotatable bonds is 4. The van der Waals surface area contributed by atoms with Crippen molar-refractivity contribution in [3.8, 4) is 11.5 Å². The molecular formula is C14H11ClO2S. The average molecular weight is 279 g/mol. The van der Waals surface area contributed by atoms with Crippen LogP contribution in [0.1, 0.15) is 10.4 Å².